The molecule has 18 N–H and O–H groups in total. The van der Waals surface area contributed by atoms with Crippen LogP contribution in [0.2, 0.25) is 0 Å². The van der Waals surface area contributed by atoms with Crippen LogP contribution in [0, 0.1) is 0 Å². The molecular formula is C13H18IN9S. The van der Waals surface area contributed by atoms with Crippen molar-refractivity contribution in [2.75, 3.05) is 45.9 Å². The van der Waals surface area contributed by atoms with Gasteiger partial charge >= 0.3 is 0 Å². The highest BCUT2D eigenvalue weighted by atomic mass is 127. The molecule has 1 heterocycles. The van der Waals surface area contributed by atoms with E-state index in [1.165, 1.54) is 0 Å². The molecule has 2 aromatic rings. The van der Waals surface area contributed by atoms with E-state index in [1.54, 1.807) is 0 Å². The Morgan fingerprint density at radius 3 is 1.33 bits per heavy atom. The van der Waals surface area contributed by atoms with Crippen LogP contribution in [0.25, 0.3) is 11.1 Å². The minimum absolute atomic E-state index is 0.161. The van der Waals surface area contributed by atoms with Crippen LogP contribution in [0.4, 0.5) is 45.5 Å². The maximum Gasteiger partial charge on any atom is 0.0814 e. The van der Waals surface area contributed by atoms with Gasteiger partial charge in [-0.05, 0) is 21.2 Å². The lowest BCUT2D eigenvalue weighted by Crippen LogP contribution is -2.23. The molecule has 0 aliphatic carbocycles. The zero-order chi connectivity index (χ0) is 18.1. The summed E-state index contributed by atoms with van der Waals surface area (Å²) in [5.41, 5.74) is 58.4. The SMILES string of the molecule is NC1=S(I)c2c(N)c(N)c(N)c(N)c2-c2c(N)c(N)c(N)c(N)c21. The molecule has 2 aromatic carbocycles. The molecule has 9 nitrogen and oxygen atoms in total. The molecule has 11 heteroatoms. The van der Waals surface area contributed by atoms with Crippen molar-refractivity contribution in [3.8, 4) is 11.1 Å². The second-order valence-electron chi connectivity index (χ2n) is 5.38. The molecule has 0 saturated heterocycles. The number of nitrogens with two attached hydrogens (primary N) is 9. The molecule has 3 rings (SSSR count). The third kappa shape index (κ3) is 1.82. The number of nitrogen functional groups attached to an aromatic ring is 8. The molecule has 0 amide bonds. The van der Waals surface area contributed by atoms with Gasteiger partial charge in [-0.15, -0.1) is 0 Å². The van der Waals surface area contributed by atoms with Crippen LogP contribution in [0.3, 0.4) is 0 Å². The van der Waals surface area contributed by atoms with E-state index in [2.05, 4.69) is 21.2 Å². The fourth-order valence-electron chi connectivity index (χ4n) is 2.78. The summed E-state index contributed by atoms with van der Waals surface area (Å²) in [5, 5.41) is 0. The van der Waals surface area contributed by atoms with Gasteiger partial charge in [0.1, 0.15) is 0 Å². The molecule has 0 saturated carbocycles. The van der Waals surface area contributed by atoms with Crippen LogP contribution in [-0.4, -0.2) is 4.99 Å². The Hall–Kier alpha value is -2.25. The van der Waals surface area contributed by atoms with Gasteiger partial charge in [0.2, 0.25) is 0 Å². The standard InChI is InChI=1S/C13H18IN9S/c14-24-12-2(5(16)8(19)10(21)11(12)22)1-3(13(24)23)6(17)9(20)7(18)4(1)15/h15-23H2. The summed E-state index contributed by atoms with van der Waals surface area (Å²) in [6.07, 6.45) is 0. The van der Waals surface area contributed by atoms with Crippen LogP contribution in [-0.2, 0) is 0 Å². The molecule has 0 fully saturated rings. The van der Waals surface area contributed by atoms with Crippen molar-refractivity contribution in [1.82, 2.24) is 0 Å². The summed E-state index contributed by atoms with van der Waals surface area (Å²) in [4.78, 5) is 1.14. The average molecular weight is 459 g/mol. The van der Waals surface area contributed by atoms with Crippen molar-refractivity contribution < 1.29 is 0 Å². The van der Waals surface area contributed by atoms with Gasteiger partial charge in [-0.2, -0.15) is 0 Å². The van der Waals surface area contributed by atoms with Gasteiger partial charge in [0, 0.05) is 21.6 Å². The quantitative estimate of drug-likeness (QED) is 0.151. The lowest BCUT2D eigenvalue weighted by atomic mass is 9.91. The van der Waals surface area contributed by atoms with E-state index in [0.717, 1.165) is 0 Å². The first-order valence-electron chi connectivity index (χ1n) is 6.66. The zero-order valence-electron chi connectivity index (χ0n) is 12.5. The monoisotopic (exact) mass is 459 g/mol. The van der Waals surface area contributed by atoms with Crippen molar-refractivity contribution in [1.29, 1.82) is 0 Å². The molecule has 1 atom stereocenters. The Morgan fingerprint density at radius 1 is 0.458 bits per heavy atom. The molecule has 0 aromatic heterocycles. The number of anilines is 8. The van der Waals surface area contributed by atoms with Crippen molar-refractivity contribution in [2.45, 2.75) is 4.90 Å². The predicted molar refractivity (Wildman–Crippen MR) is 115 cm³/mol. The molecule has 24 heavy (non-hydrogen) atoms. The van der Waals surface area contributed by atoms with Gasteiger partial charge < -0.3 is 45.9 Å². The van der Waals surface area contributed by atoms with Crippen molar-refractivity contribution >= 4 is 79.3 Å². The minimum atomic E-state index is -0.653. The number of benzene rings is 2. The highest BCUT2D eigenvalue weighted by molar-refractivity contribution is 14.2. The maximum absolute atomic E-state index is 6.32. The van der Waals surface area contributed by atoms with Crippen molar-refractivity contribution in [3.63, 3.8) is 0 Å². The minimum Gasteiger partial charge on any atom is -0.396 e. The molecule has 1 aliphatic heterocycles. The van der Waals surface area contributed by atoms with Gasteiger partial charge in [0.05, 0.1) is 50.5 Å². The van der Waals surface area contributed by atoms with Crippen LogP contribution >= 0.6 is 28.9 Å². The van der Waals surface area contributed by atoms with E-state index in [1.807, 2.05) is 0 Å². The van der Waals surface area contributed by atoms with E-state index < -0.39 is 7.66 Å². The normalized spacial score (nSPS) is 15.9. The van der Waals surface area contributed by atoms with Gasteiger partial charge in [0.15, 0.2) is 0 Å². The Kier molecular flexibility index (Phi) is 3.54. The van der Waals surface area contributed by atoms with E-state index in [9.17, 15) is 0 Å². The van der Waals surface area contributed by atoms with Crippen LogP contribution in [0.5, 0.6) is 0 Å². The first-order chi connectivity index (χ1) is 11.1. The number of hydrogen-bond acceptors (Lipinski definition) is 9. The van der Waals surface area contributed by atoms with E-state index in [-0.39, 0.29) is 39.8 Å². The third-order valence-electron chi connectivity index (χ3n) is 4.14. The second kappa shape index (κ2) is 5.12. The van der Waals surface area contributed by atoms with Crippen LogP contribution in [0.15, 0.2) is 4.90 Å². The number of rotatable bonds is 0. The Morgan fingerprint density at radius 2 is 0.833 bits per heavy atom. The molecule has 0 bridgehead atoms. The smallest absolute Gasteiger partial charge is 0.0814 e. The molecule has 0 radical (unpaired) electrons. The molecule has 128 valence electrons. The summed E-state index contributed by atoms with van der Waals surface area (Å²) < 4.78 is 0. The number of halogens is 1. The van der Waals surface area contributed by atoms with Crippen molar-refractivity contribution in [2.24, 2.45) is 5.73 Å². The molecule has 1 aliphatic rings. The van der Waals surface area contributed by atoms with E-state index >= 15 is 0 Å². The summed E-state index contributed by atoms with van der Waals surface area (Å²) in [6, 6.07) is 0. The zero-order valence-corrected chi connectivity index (χ0v) is 15.5. The Bertz CT molecular complexity index is 890. The topological polar surface area (TPSA) is 234 Å². The van der Waals surface area contributed by atoms with Gasteiger partial charge in [0.25, 0.3) is 0 Å². The first kappa shape index (κ1) is 16.6. The van der Waals surface area contributed by atoms with Gasteiger partial charge in [-0.25, -0.2) is 0 Å². The number of hydrogen-bond donors (Lipinski definition) is 9. The Balaban J connectivity index is 2.67. The van der Waals surface area contributed by atoms with E-state index in [0.29, 0.717) is 32.3 Å². The largest absolute Gasteiger partial charge is 0.396 e. The van der Waals surface area contributed by atoms with Crippen molar-refractivity contribution in [3.05, 3.63) is 5.56 Å². The number of fused-ring (bicyclic) bond motifs is 3. The summed E-state index contributed by atoms with van der Waals surface area (Å²) in [7, 11) is -0.653. The molecule has 0 spiro atoms. The Labute approximate surface area is 152 Å². The summed E-state index contributed by atoms with van der Waals surface area (Å²) in [5.74, 6) is 0. The highest BCUT2D eigenvalue weighted by Gasteiger charge is 2.32. The third-order valence-corrected chi connectivity index (χ3v) is 8.26. The van der Waals surface area contributed by atoms with Gasteiger partial charge in [-0.1, -0.05) is 7.66 Å². The predicted octanol–water partition coefficient (Wildman–Crippen LogP) is 0.439. The lowest BCUT2D eigenvalue weighted by Gasteiger charge is -2.29. The highest BCUT2D eigenvalue weighted by Crippen LogP contribution is 2.59. The lowest BCUT2D eigenvalue weighted by molar-refractivity contribution is 1.43. The van der Waals surface area contributed by atoms with E-state index in [4.69, 9.17) is 51.6 Å². The fraction of sp³-hybridized carbons (Fsp3) is 0. The summed E-state index contributed by atoms with van der Waals surface area (Å²) in [6.45, 7) is 0. The average Bonchev–Trinajstić information content (AvgIpc) is 2.56. The summed E-state index contributed by atoms with van der Waals surface area (Å²) >= 11 is 2.16. The van der Waals surface area contributed by atoms with Crippen LogP contribution in [0.1, 0.15) is 5.56 Å². The van der Waals surface area contributed by atoms with Crippen LogP contribution < -0.4 is 51.6 Å². The molecular weight excluding hydrogens is 441 g/mol. The second-order valence-corrected chi connectivity index (χ2v) is 9.39. The first-order valence-corrected chi connectivity index (χ1v) is 10.4. The maximum atomic E-state index is 6.32. The van der Waals surface area contributed by atoms with Gasteiger partial charge in [-0.3, -0.25) is 5.73 Å². The molecule has 1 unspecified atom stereocenters. The fourth-order valence-corrected chi connectivity index (χ4v) is 6.12.